The number of carbonyl (C=O) groups excluding carboxylic acids is 1. The molecule has 0 aromatic heterocycles. The SMILES string of the molecule is B[C@]12C[C@@H](OC(=O)C(C)(C)C)CC[C@]13C1CC[C@@]4(C)C(CC[C@@H]4[C@H](C)CCCC(C)C)C1C[C@H]2O[C@@H]3C. The van der Waals surface area contributed by atoms with Gasteiger partial charge < -0.3 is 9.47 Å². The maximum atomic E-state index is 12.8. The summed E-state index contributed by atoms with van der Waals surface area (Å²) in [6.45, 7) is 18.3. The average molecular weight is 513 g/mol. The van der Waals surface area contributed by atoms with Gasteiger partial charge in [0.1, 0.15) is 14.0 Å². The lowest BCUT2D eigenvalue weighted by molar-refractivity contribution is -0.168. The van der Waals surface area contributed by atoms with E-state index >= 15 is 0 Å². The third kappa shape index (κ3) is 4.28. The van der Waals surface area contributed by atoms with Crippen LogP contribution in [0.4, 0.5) is 0 Å². The fraction of sp³-hybridized carbons (Fsp3) is 0.970. The Labute approximate surface area is 229 Å². The molecular weight excluding hydrogens is 455 g/mol. The molecule has 5 aliphatic rings. The predicted molar refractivity (Wildman–Crippen MR) is 154 cm³/mol. The van der Waals surface area contributed by atoms with Gasteiger partial charge in [0.2, 0.25) is 0 Å². The van der Waals surface area contributed by atoms with Crippen LogP contribution in [0.15, 0.2) is 0 Å². The normalized spacial score (nSPS) is 47.8. The van der Waals surface area contributed by atoms with Gasteiger partial charge in [-0.3, -0.25) is 4.79 Å². The quantitative estimate of drug-likeness (QED) is 0.271. The number of carbonyl (C=O) groups is 1. The van der Waals surface area contributed by atoms with Crippen molar-refractivity contribution in [1.29, 1.82) is 0 Å². The molecule has 1 aliphatic heterocycles. The van der Waals surface area contributed by atoms with Gasteiger partial charge in [-0.05, 0) is 125 Å². The molecule has 0 amide bonds. The second kappa shape index (κ2) is 9.55. The summed E-state index contributed by atoms with van der Waals surface area (Å²) in [5.74, 6) is 5.02. The first kappa shape index (κ1) is 28.0. The topological polar surface area (TPSA) is 35.5 Å². The van der Waals surface area contributed by atoms with Crippen LogP contribution in [0.2, 0.25) is 5.31 Å². The Kier molecular flexibility index (Phi) is 7.24. The first-order valence-corrected chi connectivity index (χ1v) is 16.1. The molecule has 3 unspecified atom stereocenters. The van der Waals surface area contributed by atoms with E-state index in [4.69, 9.17) is 9.47 Å². The van der Waals surface area contributed by atoms with Crippen molar-refractivity contribution in [2.75, 3.05) is 0 Å². The monoisotopic (exact) mass is 512 g/mol. The highest BCUT2D eigenvalue weighted by Crippen LogP contribution is 2.77. The molecule has 210 valence electrons. The van der Waals surface area contributed by atoms with Crippen LogP contribution in [0.3, 0.4) is 0 Å². The van der Waals surface area contributed by atoms with Crippen molar-refractivity contribution in [1.82, 2.24) is 0 Å². The van der Waals surface area contributed by atoms with Crippen LogP contribution in [0, 0.1) is 51.8 Å². The largest absolute Gasteiger partial charge is 0.462 e. The van der Waals surface area contributed by atoms with Crippen molar-refractivity contribution >= 4 is 13.8 Å². The fourth-order valence-electron chi connectivity index (χ4n) is 11.2. The number of hydrogen-bond donors (Lipinski definition) is 0. The molecule has 1 heterocycles. The lowest BCUT2D eigenvalue weighted by atomic mass is 9.34. The fourth-order valence-corrected chi connectivity index (χ4v) is 11.2. The minimum Gasteiger partial charge on any atom is -0.462 e. The van der Waals surface area contributed by atoms with Gasteiger partial charge in [-0.2, -0.15) is 0 Å². The molecule has 1 saturated heterocycles. The van der Waals surface area contributed by atoms with E-state index in [0.29, 0.717) is 17.6 Å². The van der Waals surface area contributed by atoms with E-state index in [2.05, 4.69) is 42.5 Å². The lowest BCUT2D eigenvalue weighted by Crippen LogP contribution is -2.61. The number of fused-ring (bicyclic) bond motifs is 3. The standard InChI is InChI=1S/C33H57BO3/c1-20(2)10-9-11-21(3)25-12-13-26-24-18-28-33(34)19-23(37-29(35)30(5,6)7)14-17-32(33,22(4)36-28)27(24)15-16-31(25,26)8/h20-28H,9-19,34H2,1-8H3/t21-,22-,23+,24?,25-,26?,27?,28-,31-,32+,33+/m1/s1. The summed E-state index contributed by atoms with van der Waals surface area (Å²) in [4.78, 5) is 12.8. The molecule has 0 N–H and O–H groups in total. The van der Waals surface area contributed by atoms with Crippen molar-refractivity contribution in [2.45, 2.75) is 150 Å². The van der Waals surface area contributed by atoms with Gasteiger partial charge in [-0.25, -0.2) is 0 Å². The summed E-state index contributed by atoms with van der Waals surface area (Å²) in [5.41, 5.74) is 0.341. The first-order chi connectivity index (χ1) is 17.2. The smallest absolute Gasteiger partial charge is 0.311 e. The van der Waals surface area contributed by atoms with Crippen molar-refractivity contribution in [3.8, 4) is 0 Å². The minimum atomic E-state index is -0.435. The van der Waals surface area contributed by atoms with E-state index in [1.54, 1.807) is 0 Å². The summed E-state index contributed by atoms with van der Waals surface area (Å²) in [5, 5.41) is 0.130. The van der Waals surface area contributed by atoms with E-state index in [9.17, 15) is 4.79 Å². The molecular formula is C33H57BO3. The second-order valence-corrected chi connectivity index (χ2v) is 16.4. The summed E-state index contributed by atoms with van der Waals surface area (Å²) >= 11 is 0. The molecule has 3 nitrogen and oxygen atoms in total. The Morgan fingerprint density at radius 3 is 2.46 bits per heavy atom. The Balaban J connectivity index is 1.35. The Morgan fingerprint density at radius 1 is 1.05 bits per heavy atom. The summed E-state index contributed by atoms with van der Waals surface area (Å²) in [6.07, 6.45) is 15.0. The van der Waals surface area contributed by atoms with Gasteiger partial charge in [0.25, 0.3) is 0 Å². The van der Waals surface area contributed by atoms with Gasteiger partial charge in [0.15, 0.2) is 0 Å². The van der Waals surface area contributed by atoms with Gasteiger partial charge in [-0.1, -0.05) is 47.0 Å². The van der Waals surface area contributed by atoms with Gasteiger partial charge in [0, 0.05) is 5.41 Å². The highest BCUT2D eigenvalue weighted by Gasteiger charge is 2.73. The van der Waals surface area contributed by atoms with Crippen molar-refractivity contribution in [3.63, 3.8) is 0 Å². The summed E-state index contributed by atoms with van der Waals surface area (Å²) < 4.78 is 13.1. The summed E-state index contributed by atoms with van der Waals surface area (Å²) in [6, 6.07) is 0. The number of esters is 1. The lowest BCUT2D eigenvalue weighted by Gasteiger charge is -2.65. The highest BCUT2D eigenvalue weighted by molar-refractivity contribution is 6.17. The second-order valence-electron chi connectivity index (χ2n) is 16.4. The van der Waals surface area contributed by atoms with E-state index in [1.165, 1.54) is 57.8 Å². The maximum Gasteiger partial charge on any atom is 0.311 e. The number of ether oxygens (including phenoxy) is 2. The van der Waals surface area contributed by atoms with E-state index in [-0.39, 0.29) is 22.8 Å². The Hall–Kier alpha value is -0.505. The molecule has 0 spiro atoms. The highest BCUT2D eigenvalue weighted by atomic mass is 16.5. The van der Waals surface area contributed by atoms with Crippen LogP contribution in [0.25, 0.3) is 0 Å². The van der Waals surface area contributed by atoms with Gasteiger partial charge in [-0.15, -0.1) is 0 Å². The van der Waals surface area contributed by atoms with E-state index in [1.807, 2.05) is 20.8 Å². The van der Waals surface area contributed by atoms with Crippen LogP contribution in [0.1, 0.15) is 126 Å². The zero-order valence-electron chi connectivity index (χ0n) is 25.7. The van der Waals surface area contributed by atoms with Crippen molar-refractivity contribution in [2.24, 2.45) is 51.8 Å². The average Bonchev–Trinajstić information content (AvgIpc) is 3.20. The van der Waals surface area contributed by atoms with Crippen LogP contribution in [0.5, 0.6) is 0 Å². The van der Waals surface area contributed by atoms with Crippen LogP contribution in [-0.2, 0) is 14.3 Å². The minimum absolute atomic E-state index is 0.0417. The molecule has 0 radical (unpaired) electrons. The van der Waals surface area contributed by atoms with Crippen molar-refractivity contribution < 1.29 is 14.3 Å². The Bertz CT molecular complexity index is 864. The maximum absolute atomic E-state index is 12.8. The van der Waals surface area contributed by atoms with E-state index < -0.39 is 5.41 Å². The zero-order chi connectivity index (χ0) is 27.0. The van der Waals surface area contributed by atoms with E-state index in [0.717, 1.165) is 48.3 Å². The van der Waals surface area contributed by atoms with Gasteiger partial charge >= 0.3 is 5.97 Å². The number of rotatable bonds is 6. The Morgan fingerprint density at radius 2 is 1.78 bits per heavy atom. The first-order valence-electron chi connectivity index (χ1n) is 16.1. The summed E-state index contributed by atoms with van der Waals surface area (Å²) in [7, 11) is 2.52. The molecule has 2 bridgehead atoms. The van der Waals surface area contributed by atoms with Crippen molar-refractivity contribution in [3.05, 3.63) is 0 Å². The third-order valence-electron chi connectivity index (χ3n) is 13.1. The molecule has 0 aromatic rings. The molecule has 4 saturated carbocycles. The predicted octanol–water partition coefficient (Wildman–Crippen LogP) is 7.62. The molecule has 4 heteroatoms. The molecule has 4 aliphatic carbocycles. The van der Waals surface area contributed by atoms with Crippen LogP contribution < -0.4 is 0 Å². The zero-order valence-corrected chi connectivity index (χ0v) is 25.7. The van der Waals surface area contributed by atoms with Crippen LogP contribution in [-0.4, -0.2) is 32.1 Å². The van der Waals surface area contributed by atoms with Gasteiger partial charge in [0.05, 0.1) is 17.6 Å². The number of hydrogen-bond acceptors (Lipinski definition) is 3. The molecule has 0 aromatic carbocycles. The molecule has 11 atom stereocenters. The van der Waals surface area contributed by atoms with Crippen LogP contribution >= 0.6 is 0 Å². The molecule has 37 heavy (non-hydrogen) atoms. The molecule has 5 rings (SSSR count). The molecule has 5 fully saturated rings. The third-order valence-corrected chi connectivity index (χ3v) is 13.1.